The maximum atomic E-state index is 11.7. The van der Waals surface area contributed by atoms with Gasteiger partial charge in [-0.2, -0.15) is 0 Å². The lowest BCUT2D eigenvalue weighted by molar-refractivity contribution is 0.0629. The molecule has 3 N–H and O–H groups in total. The van der Waals surface area contributed by atoms with E-state index in [-0.39, 0.29) is 12.1 Å². The average Bonchev–Trinajstić information content (AvgIpc) is 2.19. The van der Waals surface area contributed by atoms with Crippen LogP contribution in [0.4, 0.5) is 0 Å². The summed E-state index contributed by atoms with van der Waals surface area (Å²) < 4.78 is 21.9. The smallest absolute Gasteiger partial charge is 0.328 e. The molecule has 100 valence electrons. The molecular formula is C11H22NO4P. The molecule has 17 heavy (non-hydrogen) atoms. The van der Waals surface area contributed by atoms with E-state index in [0.29, 0.717) is 12.5 Å². The summed E-state index contributed by atoms with van der Waals surface area (Å²) in [5, 5.41) is 0. The van der Waals surface area contributed by atoms with E-state index < -0.39 is 7.82 Å². The van der Waals surface area contributed by atoms with Crippen LogP contribution >= 0.6 is 7.82 Å². The second-order valence-corrected chi connectivity index (χ2v) is 6.61. The fraction of sp³-hybridized carbons (Fsp3) is 1.00. The van der Waals surface area contributed by atoms with Crippen LogP contribution < -0.4 is 5.73 Å². The number of nitrogens with two attached hydrogens (primary N) is 1. The van der Waals surface area contributed by atoms with Crippen LogP contribution in [-0.2, 0) is 13.6 Å². The highest BCUT2D eigenvalue weighted by molar-refractivity contribution is 7.47. The molecule has 0 spiro atoms. The summed E-state index contributed by atoms with van der Waals surface area (Å²) in [6, 6.07) is 0.212. The maximum absolute atomic E-state index is 11.7. The van der Waals surface area contributed by atoms with Gasteiger partial charge < -0.3 is 10.6 Å². The summed E-state index contributed by atoms with van der Waals surface area (Å²) in [5.74, 6) is 0.443. The predicted octanol–water partition coefficient (Wildman–Crippen LogP) is 2.19. The molecule has 2 fully saturated rings. The Morgan fingerprint density at radius 3 is 2.35 bits per heavy atom. The van der Waals surface area contributed by atoms with Gasteiger partial charge in [0.05, 0.1) is 12.7 Å². The average molecular weight is 263 g/mol. The van der Waals surface area contributed by atoms with Crippen molar-refractivity contribution < 1.29 is 18.5 Å². The molecule has 0 bridgehead atoms. The molecule has 0 radical (unpaired) electrons. The Bertz CT molecular complexity index is 287. The molecule has 1 unspecified atom stereocenters. The molecule has 0 saturated heterocycles. The van der Waals surface area contributed by atoms with Gasteiger partial charge in [-0.3, -0.25) is 9.05 Å². The van der Waals surface area contributed by atoms with Crippen molar-refractivity contribution >= 4 is 7.82 Å². The van der Waals surface area contributed by atoms with Crippen molar-refractivity contribution in [2.45, 2.75) is 57.1 Å². The third kappa shape index (κ3) is 4.34. The first kappa shape index (κ1) is 13.5. The van der Waals surface area contributed by atoms with E-state index in [1.165, 1.54) is 6.42 Å². The SMILES string of the molecule is NC1CCC(OP(=O)(O)OCC2CCC2)CC1. The molecule has 2 aliphatic rings. The largest absolute Gasteiger partial charge is 0.472 e. The van der Waals surface area contributed by atoms with Crippen molar-refractivity contribution in [3.8, 4) is 0 Å². The molecule has 2 aliphatic carbocycles. The van der Waals surface area contributed by atoms with Gasteiger partial charge in [-0.1, -0.05) is 6.42 Å². The van der Waals surface area contributed by atoms with Crippen LogP contribution in [0.3, 0.4) is 0 Å². The zero-order valence-corrected chi connectivity index (χ0v) is 11.0. The van der Waals surface area contributed by atoms with Crippen molar-refractivity contribution in [1.82, 2.24) is 0 Å². The number of phosphoric acid groups is 1. The van der Waals surface area contributed by atoms with Gasteiger partial charge in [0.15, 0.2) is 0 Å². The molecule has 6 heteroatoms. The molecule has 0 aromatic rings. The number of hydrogen-bond acceptors (Lipinski definition) is 4. The Hall–Kier alpha value is 0.0700. The molecule has 0 amide bonds. The molecule has 0 heterocycles. The van der Waals surface area contributed by atoms with E-state index in [1.807, 2.05) is 0 Å². The molecule has 5 nitrogen and oxygen atoms in total. The molecule has 1 atom stereocenters. The minimum absolute atomic E-state index is 0.174. The van der Waals surface area contributed by atoms with Gasteiger partial charge >= 0.3 is 7.82 Å². The van der Waals surface area contributed by atoms with Gasteiger partial charge in [-0.15, -0.1) is 0 Å². The van der Waals surface area contributed by atoms with Crippen molar-refractivity contribution in [3.05, 3.63) is 0 Å². The summed E-state index contributed by atoms with van der Waals surface area (Å²) in [4.78, 5) is 9.58. The zero-order chi connectivity index (χ0) is 12.3. The lowest BCUT2D eigenvalue weighted by atomic mass is 9.86. The van der Waals surface area contributed by atoms with Crippen LogP contribution in [-0.4, -0.2) is 23.6 Å². The van der Waals surface area contributed by atoms with E-state index >= 15 is 0 Å². The number of hydrogen-bond donors (Lipinski definition) is 2. The summed E-state index contributed by atoms with van der Waals surface area (Å²) in [5.41, 5.74) is 5.77. The highest BCUT2D eigenvalue weighted by atomic mass is 31.2. The van der Waals surface area contributed by atoms with Crippen LogP contribution in [0.5, 0.6) is 0 Å². The fourth-order valence-electron chi connectivity index (χ4n) is 2.27. The van der Waals surface area contributed by atoms with Crippen molar-refractivity contribution in [2.24, 2.45) is 11.7 Å². The Labute approximate surface area is 102 Å². The third-order valence-electron chi connectivity index (χ3n) is 3.70. The monoisotopic (exact) mass is 263 g/mol. The van der Waals surface area contributed by atoms with Gasteiger partial charge in [0.25, 0.3) is 0 Å². The van der Waals surface area contributed by atoms with Gasteiger partial charge in [0, 0.05) is 6.04 Å². The topological polar surface area (TPSA) is 81.8 Å². The van der Waals surface area contributed by atoms with Crippen molar-refractivity contribution in [2.75, 3.05) is 6.61 Å². The summed E-state index contributed by atoms with van der Waals surface area (Å²) in [6.45, 7) is 0.347. The van der Waals surface area contributed by atoms with Gasteiger partial charge in [-0.25, -0.2) is 4.57 Å². The highest BCUT2D eigenvalue weighted by Gasteiger charge is 2.31. The molecular weight excluding hydrogens is 241 g/mol. The number of rotatable bonds is 5. The first-order chi connectivity index (χ1) is 8.05. The molecule has 2 rings (SSSR count). The highest BCUT2D eigenvalue weighted by Crippen LogP contribution is 2.47. The summed E-state index contributed by atoms with van der Waals surface area (Å²) in [7, 11) is -3.85. The molecule has 0 aromatic carbocycles. The fourth-order valence-corrected chi connectivity index (χ4v) is 3.32. The standard InChI is InChI=1S/C11H22NO4P/c12-10-4-6-11(7-5-10)16-17(13,14)15-8-9-2-1-3-9/h9-11H,1-8,12H2,(H,13,14). The Morgan fingerprint density at radius 2 is 1.82 bits per heavy atom. The normalized spacial score (nSPS) is 34.0. The second-order valence-electron chi connectivity index (χ2n) is 5.20. The minimum Gasteiger partial charge on any atom is -0.328 e. The second kappa shape index (κ2) is 5.81. The first-order valence-electron chi connectivity index (χ1n) is 6.46. The third-order valence-corrected chi connectivity index (χ3v) is 4.74. The van der Waals surface area contributed by atoms with Crippen LogP contribution in [0, 0.1) is 5.92 Å². The molecule has 2 saturated carbocycles. The Kier molecular flexibility index (Phi) is 4.61. The maximum Gasteiger partial charge on any atom is 0.472 e. The van der Waals surface area contributed by atoms with Crippen LogP contribution in [0.15, 0.2) is 0 Å². The lowest BCUT2D eigenvalue weighted by Crippen LogP contribution is -2.30. The van der Waals surface area contributed by atoms with E-state index in [0.717, 1.165) is 38.5 Å². The van der Waals surface area contributed by atoms with Crippen molar-refractivity contribution in [3.63, 3.8) is 0 Å². The van der Waals surface area contributed by atoms with E-state index in [4.69, 9.17) is 14.8 Å². The Balaban J connectivity index is 1.70. The number of phosphoric ester groups is 1. The van der Waals surface area contributed by atoms with Crippen LogP contribution in [0.25, 0.3) is 0 Å². The van der Waals surface area contributed by atoms with Gasteiger partial charge in [0.2, 0.25) is 0 Å². The van der Waals surface area contributed by atoms with E-state index in [2.05, 4.69) is 0 Å². The Morgan fingerprint density at radius 1 is 1.18 bits per heavy atom. The van der Waals surface area contributed by atoms with Crippen molar-refractivity contribution in [1.29, 1.82) is 0 Å². The van der Waals surface area contributed by atoms with Gasteiger partial charge in [-0.05, 0) is 44.4 Å². The summed E-state index contributed by atoms with van der Waals surface area (Å²) >= 11 is 0. The molecule has 0 aliphatic heterocycles. The first-order valence-corrected chi connectivity index (χ1v) is 7.96. The van der Waals surface area contributed by atoms with E-state index in [1.54, 1.807) is 0 Å². The van der Waals surface area contributed by atoms with Gasteiger partial charge in [0.1, 0.15) is 0 Å². The summed E-state index contributed by atoms with van der Waals surface area (Å²) in [6.07, 6.45) is 6.42. The lowest BCUT2D eigenvalue weighted by Gasteiger charge is -2.29. The predicted molar refractivity (Wildman–Crippen MR) is 64.4 cm³/mol. The van der Waals surface area contributed by atoms with E-state index in [9.17, 15) is 9.46 Å². The quantitative estimate of drug-likeness (QED) is 0.743. The zero-order valence-electron chi connectivity index (χ0n) is 10.1. The molecule has 0 aromatic heterocycles. The van der Waals surface area contributed by atoms with Crippen LogP contribution in [0.2, 0.25) is 0 Å². The minimum atomic E-state index is -3.85. The van der Waals surface area contributed by atoms with Crippen LogP contribution in [0.1, 0.15) is 44.9 Å².